The molecule has 2 aromatic carbocycles. The Kier molecular flexibility index (Phi) is 3.18. The molecule has 1 heterocycles. The van der Waals surface area contributed by atoms with Gasteiger partial charge in [-0.1, -0.05) is 17.7 Å². The Balaban J connectivity index is 2.22. The van der Waals surface area contributed by atoms with Crippen LogP contribution in [-0.2, 0) is 0 Å². The summed E-state index contributed by atoms with van der Waals surface area (Å²) in [5, 5.41) is 0.723. The monoisotopic (exact) mass is 300 g/mol. The van der Waals surface area contributed by atoms with E-state index in [-0.39, 0.29) is 0 Å². The van der Waals surface area contributed by atoms with E-state index in [4.69, 9.17) is 27.1 Å². The molecule has 21 heavy (non-hydrogen) atoms. The lowest BCUT2D eigenvalue weighted by molar-refractivity contribution is 0.115. The van der Waals surface area contributed by atoms with Crippen molar-refractivity contribution in [2.24, 2.45) is 4.99 Å². The Bertz CT molecular complexity index is 750. The van der Waals surface area contributed by atoms with Crippen molar-refractivity contribution in [2.75, 3.05) is 5.73 Å². The Morgan fingerprint density at radius 2 is 1.81 bits per heavy atom. The Hall–Kier alpha value is -2.00. The quantitative estimate of drug-likeness (QED) is 0.803. The average Bonchev–Trinajstić information content (AvgIpc) is 2.36. The predicted molar refractivity (Wildman–Crippen MR) is 87.4 cm³/mol. The molecular formula is C17H17ClN2O. The van der Waals surface area contributed by atoms with Gasteiger partial charge in [-0.05, 0) is 50.6 Å². The van der Waals surface area contributed by atoms with E-state index in [1.165, 1.54) is 0 Å². The van der Waals surface area contributed by atoms with Gasteiger partial charge in [-0.3, -0.25) is 0 Å². The van der Waals surface area contributed by atoms with Crippen molar-refractivity contribution in [2.45, 2.75) is 26.5 Å². The Labute approximate surface area is 129 Å². The van der Waals surface area contributed by atoms with Crippen LogP contribution in [0.3, 0.4) is 0 Å². The smallest absolute Gasteiger partial charge is 0.195 e. The predicted octanol–water partition coefficient (Wildman–Crippen LogP) is 4.20. The number of nitrogens with zero attached hydrogens (tertiary/aromatic N) is 1. The second-order valence-electron chi connectivity index (χ2n) is 5.72. The summed E-state index contributed by atoms with van der Waals surface area (Å²) >= 11 is 6.05. The first-order chi connectivity index (χ1) is 9.85. The fourth-order valence-corrected chi connectivity index (χ4v) is 2.77. The van der Waals surface area contributed by atoms with E-state index in [9.17, 15) is 0 Å². The molecule has 0 aromatic heterocycles. The number of nitrogen functional groups attached to an aromatic ring is 1. The molecular weight excluding hydrogens is 284 g/mol. The SMILES string of the molecule is Cc1cc(Cl)ccc1C1=NC(C)(C)Oc2cc(N)ccc21. The van der Waals surface area contributed by atoms with Gasteiger partial charge in [0.2, 0.25) is 0 Å². The first kappa shape index (κ1) is 14.0. The normalized spacial score (nSPS) is 15.9. The number of ether oxygens (including phenoxy) is 1. The molecule has 0 fully saturated rings. The van der Waals surface area contributed by atoms with Crippen LogP contribution >= 0.6 is 11.6 Å². The average molecular weight is 301 g/mol. The number of halogens is 1. The van der Waals surface area contributed by atoms with Crippen LogP contribution in [-0.4, -0.2) is 11.4 Å². The second-order valence-corrected chi connectivity index (χ2v) is 6.16. The van der Waals surface area contributed by atoms with Gasteiger partial charge < -0.3 is 10.5 Å². The second kappa shape index (κ2) is 4.78. The van der Waals surface area contributed by atoms with Crippen molar-refractivity contribution >= 4 is 23.0 Å². The van der Waals surface area contributed by atoms with Crippen LogP contribution in [0.5, 0.6) is 5.75 Å². The molecule has 0 unspecified atom stereocenters. The van der Waals surface area contributed by atoms with E-state index in [2.05, 4.69) is 0 Å². The Morgan fingerprint density at radius 3 is 2.52 bits per heavy atom. The lowest BCUT2D eigenvalue weighted by atomic mass is 9.95. The number of aliphatic imine (C=N–C) groups is 1. The number of benzene rings is 2. The van der Waals surface area contributed by atoms with E-state index in [1.54, 1.807) is 0 Å². The van der Waals surface area contributed by atoms with E-state index in [0.717, 1.165) is 33.2 Å². The topological polar surface area (TPSA) is 47.6 Å². The van der Waals surface area contributed by atoms with E-state index >= 15 is 0 Å². The highest BCUT2D eigenvalue weighted by Crippen LogP contribution is 2.34. The number of anilines is 1. The van der Waals surface area contributed by atoms with E-state index in [1.807, 2.05) is 57.2 Å². The van der Waals surface area contributed by atoms with Crippen molar-refractivity contribution in [1.82, 2.24) is 0 Å². The first-order valence-corrected chi connectivity index (χ1v) is 7.19. The zero-order chi connectivity index (χ0) is 15.2. The molecule has 2 N–H and O–H groups in total. The third-order valence-corrected chi connectivity index (χ3v) is 3.68. The standard InChI is InChI=1S/C17H17ClN2O/c1-10-8-11(18)4-6-13(10)16-14-7-5-12(19)9-15(14)21-17(2,3)20-16/h4-9H,19H2,1-3H3. The number of fused-ring (bicyclic) bond motifs is 1. The molecule has 1 aliphatic heterocycles. The van der Waals surface area contributed by atoms with Crippen LogP contribution in [0.1, 0.15) is 30.5 Å². The maximum Gasteiger partial charge on any atom is 0.195 e. The molecule has 0 aliphatic carbocycles. The molecule has 0 saturated heterocycles. The number of hydrogen-bond donors (Lipinski definition) is 1. The molecule has 0 saturated carbocycles. The van der Waals surface area contributed by atoms with Gasteiger partial charge in [0.05, 0.1) is 5.71 Å². The van der Waals surface area contributed by atoms with Gasteiger partial charge in [-0.15, -0.1) is 0 Å². The molecule has 4 heteroatoms. The molecule has 2 aromatic rings. The van der Waals surface area contributed by atoms with Crippen molar-refractivity contribution in [3.63, 3.8) is 0 Å². The van der Waals surface area contributed by atoms with Gasteiger partial charge >= 0.3 is 0 Å². The number of rotatable bonds is 1. The van der Waals surface area contributed by atoms with Crippen molar-refractivity contribution in [1.29, 1.82) is 0 Å². The first-order valence-electron chi connectivity index (χ1n) is 6.81. The largest absolute Gasteiger partial charge is 0.466 e. The van der Waals surface area contributed by atoms with Crippen LogP contribution in [0.15, 0.2) is 41.4 Å². The fourth-order valence-electron chi connectivity index (χ4n) is 2.54. The molecule has 3 rings (SSSR count). The lowest BCUT2D eigenvalue weighted by Crippen LogP contribution is -2.32. The highest BCUT2D eigenvalue weighted by atomic mass is 35.5. The van der Waals surface area contributed by atoms with Gasteiger partial charge in [0.15, 0.2) is 5.72 Å². The summed E-state index contributed by atoms with van der Waals surface area (Å²) < 4.78 is 5.92. The molecule has 0 spiro atoms. The Morgan fingerprint density at radius 1 is 1.10 bits per heavy atom. The van der Waals surface area contributed by atoms with Crippen LogP contribution in [0.25, 0.3) is 0 Å². The van der Waals surface area contributed by atoms with Crippen molar-refractivity contribution in [3.05, 3.63) is 58.1 Å². The van der Waals surface area contributed by atoms with Gasteiger partial charge in [0.25, 0.3) is 0 Å². The third kappa shape index (κ3) is 2.61. The molecule has 1 aliphatic rings. The molecule has 3 nitrogen and oxygen atoms in total. The maximum atomic E-state index is 6.05. The van der Waals surface area contributed by atoms with Crippen LogP contribution < -0.4 is 10.5 Å². The summed E-state index contributed by atoms with van der Waals surface area (Å²) in [5.41, 5.74) is 9.93. The number of aryl methyl sites for hydroxylation is 1. The lowest BCUT2D eigenvalue weighted by Gasteiger charge is -2.30. The molecule has 0 radical (unpaired) electrons. The summed E-state index contributed by atoms with van der Waals surface area (Å²) in [6.45, 7) is 5.90. The third-order valence-electron chi connectivity index (χ3n) is 3.45. The highest BCUT2D eigenvalue weighted by Gasteiger charge is 2.29. The minimum atomic E-state index is -0.623. The van der Waals surface area contributed by atoms with Gasteiger partial charge in [0, 0.05) is 27.9 Å². The minimum absolute atomic E-state index is 0.623. The highest BCUT2D eigenvalue weighted by molar-refractivity contribution is 6.31. The number of hydrogen-bond acceptors (Lipinski definition) is 3. The van der Waals surface area contributed by atoms with E-state index < -0.39 is 5.72 Å². The minimum Gasteiger partial charge on any atom is -0.466 e. The summed E-state index contributed by atoms with van der Waals surface area (Å²) in [7, 11) is 0. The van der Waals surface area contributed by atoms with E-state index in [0.29, 0.717) is 5.69 Å². The van der Waals surface area contributed by atoms with Gasteiger partial charge in [-0.25, -0.2) is 4.99 Å². The van der Waals surface area contributed by atoms with Gasteiger partial charge in [-0.2, -0.15) is 0 Å². The summed E-state index contributed by atoms with van der Waals surface area (Å²) in [6, 6.07) is 11.5. The van der Waals surface area contributed by atoms with Gasteiger partial charge in [0.1, 0.15) is 5.75 Å². The summed E-state index contributed by atoms with van der Waals surface area (Å²) in [4.78, 5) is 4.76. The zero-order valence-electron chi connectivity index (χ0n) is 12.3. The molecule has 0 atom stereocenters. The molecule has 0 amide bonds. The van der Waals surface area contributed by atoms with Crippen LogP contribution in [0.2, 0.25) is 5.02 Å². The zero-order valence-corrected chi connectivity index (χ0v) is 13.0. The van der Waals surface area contributed by atoms with Crippen molar-refractivity contribution in [3.8, 4) is 5.75 Å². The summed E-state index contributed by atoms with van der Waals surface area (Å²) in [6.07, 6.45) is 0. The molecule has 108 valence electrons. The fraction of sp³-hybridized carbons (Fsp3) is 0.235. The number of nitrogens with two attached hydrogens (primary N) is 1. The summed E-state index contributed by atoms with van der Waals surface area (Å²) in [5.74, 6) is 0.763. The molecule has 0 bridgehead atoms. The van der Waals surface area contributed by atoms with Crippen LogP contribution in [0.4, 0.5) is 5.69 Å². The maximum absolute atomic E-state index is 6.05. The van der Waals surface area contributed by atoms with Crippen molar-refractivity contribution < 1.29 is 4.74 Å². The van der Waals surface area contributed by atoms with Crippen LogP contribution in [0, 0.1) is 6.92 Å².